The van der Waals surface area contributed by atoms with Crippen LogP contribution in [0.15, 0.2) is 0 Å². The van der Waals surface area contributed by atoms with E-state index >= 15 is 0 Å². The van der Waals surface area contributed by atoms with Crippen LogP contribution in [-0.4, -0.2) is 40.1 Å². The number of sulfonamides is 1. The lowest BCUT2D eigenvalue weighted by atomic mass is 10.5. The molecule has 0 aliphatic heterocycles. The van der Waals surface area contributed by atoms with Gasteiger partial charge >= 0.3 is 0 Å². The average molecular weight is 294 g/mol. The van der Waals surface area contributed by atoms with E-state index in [1.807, 2.05) is 0 Å². The van der Waals surface area contributed by atoms with E-state index in [1.165, 1.54) is 0 Å². The minimum Gasteiger partial charge on any atom is -0.229 e. The Morgan fingerprint density at radius 1 is 1.23 bits per heavy atom. The SMILES string of the molecule is CS(=O)(=O)CCCNS(=O)(=O)CBr. The molecular formula is C5H12BrNO4S2. The van der Waals surface area contributed by atoms with Gasteiger partial charge in [0.1, 0.15) is 14.5 Å². The Kier molecular flexibility index (Phi) is 5.42. The summed E-state index contributed by atoms with van der Waals surface area (Å²) in [6.45, 7) is 0.154. The number of hydrogen-bond acceptors (Lipinski definition) is 4. The van der Waals surface area contributed by atoms with Gasteiger partial charge in [-0.05, 0) is 6.42 Å². The molecule has 1 N–H and O–H groups in total. The fourth-order valence-corrected chi connectivity index (χ4v) is 2.29. The maximum absolute atomic E-state index is 10.8. The van der Waals surface area contributed by atoms with Gasteiger partial charge in [0.25, 0.3) is 0 Å². The lowest BCUT2D eigenvalue weighted by molar-refractivity contribution is 0.582. The maximum atomic E-state index is 10.8. The van der Waals surface area contributed by atoms with Gasteiger partial charge in [0.05, 0.1) is 5.75 Å². The van der Waals surface area contributed by atoms with Crippen LogP contribution in [0.25, 0.3) is 0 Å². The number of sulfone groups is 1. The van der Waals surface area contributed by atoms with Gasteiger partial charge in [0.15, 0.2) is 0 Å². The molecule has 0 aliphatic rings. The molecule has 0 rings (SSSR count). The molecule has 0 aromatic carbocycles. The Hall–Kier alpha value is 0.340. The van der Waals surface area contributed by atoms with E-state index in [1.54, 1.807) is 0 Å². The molecule has 80 valence electrons. The van der Waals surface area contributed by atoms with Crippen LogP contribution in [0.1, 0.15) is 6.42 Å². The van der Waals surface area contributed by atoms with E-state index in [4.69, 9.17) is 0 Å². The number of halogens is 1. The second kappa shape index (κ2) is 5.28. The van der Waals surface area contributed by atoms with Crippen molar-refractivity contribution >= 4 is 35.8 Å². The van der Waals surface area contributed by atoms with Crippen molar-refractivity contribution < 1.29 is 16.8 Å². The predicted molar refractivity (Wildman–Crippen MR) is 55.0 cm³/mol. The van der Waals surface area contributed by atoms with Crippen molar-refractivity contribution in [2.75, 3.05) is 23.2 Å². The van der Waals surface area contributed by atoms with Crippen LogP contribution >= 0.6 is 15.9 Å². The van der Waals surface area contributed by atoms with Crippen molar-refractivity contribution in [1.82, 2.24) is 4.72 Å². The van der Waals surface area contributed by atoms with Crippen LogP contribution in [0, 0.1) is 0 Å². The first-order valence-electron chi connectivity index (χ1n) is 3.48. The summed E-state index contributed by atoms with van der Waals surface area (Å²) >= 11 is 2.79. The highest BCUT2D eigenvalue weighted by molar-refractivity contribution is 9.10. The second-order valence-electron chi connectivity index (χ2n) is 2.60. The first kappa shape index (κ1) is 13.3. The molecule has 0 radical (unpaired) electrons. The van der Waals surface area contributed by atoms with E-state index in [-0.39, 0.29) is 17.0 Å². The Bertz CT molecular complexity index is 334. The Morgan fingerprint density at radius 3 is 2.15 bits per heavy atom. The monoisotopic (exact) mass is 293 g/mol. The number of rotatable bonds is 6. The quantitative estimate of drug-likeness (QED) is 0.538. The average Bonchev–Trinajstić information content (AvgIpc) is 1.97. The van der Waals surface area contributed by atoms with Gasteiger partial charge in [-0.25, -0.2) is 21.6 Å². The zero-order chi connectivity index (χ0) is 10.5. The van der Waals surface area contributed by atoms with Gasteiger partial charge in [0, 0.05) is 12.8 Å². The summed E-state index contributed by atoms with van der Waals surface area (Å²) in [7, 11) is -6.26. The second-order valence-corrected chi connectivity index (χ2v) is 7.97. The molecule has 0 aliphatic carbocycles. The molecule has 8 heteroatoms. The maximum Gasteiger partial charge on any atom is 0.221 e. The van der Waals surface area contributed by atoms with E-state index < -0.39 is 19.9 Å². The fourth-order valence-electron chi connectivity index (χ4n) is 0.601. The van der Waals surface area contributed by atoms with Gasteiger partial charge in [-0.2, -0.15) is 0 Å². The molecule has 0 bridgehead atoms. The lowest BCUT2D eigenvalue weighted by Crippen LogP contribution is -2.26. The Labute approximate surface area is 87.0 Å². The van der Waals surface area contributed by atoms with Crippen LogP contribution in [0.2, 0.25) is 0 Å². The van der Waals surface area contributed by atoms with E-state index in [0.717, 1.165) is 6.26 Å². The zero-order valence-electron chi connectivity index (χ0n) is 7.16. The summed E-state index contributed by atoms with van der Waals surface area (Å²) in [5, 5.41) is 0. The van der Waals surface area contributed by atoms with Gasteiger partial charge in [-0.15, -0.1) is 0 Å². The molecule has 5 nitrogen and oxygen atoms in total. The molecule has 0 aromatic heterocycles. The smallest absolute Gasteiger partial charge is 0.221 e. The molecule has 0 saturated heterocycles. The third-order valence-corrected chi connectivity index (χ3v) is 4.93. The van der Waals surface area contributed by atoms with Gasteiger partial charge < -0.3 is 0 Å². The third-order valence-electron chi connectivity index (χ3n) is 1.16. The first-order valence-corrected chi connectivity index (χ1v) is 8.31. The molecule has 0 spiro atoms. The lowest BCUT2D eigenvalue weighted by Gasteiger charge is -2.02. The van der Waals surface area contributed by atoms with Crippen LogP contribution in [0.5, 0.6) is 0 Å². The molecule has 0 atom stereocenters. The Balaban J connectivity index is 3.71. The number of nitrogens with one attached hydrogen (secondary N) is 1. The molecule has 0 heterocycles. The van der Waals surface area contributed by atoms with E-state index in [9.17, 15) is 16.8 Å². The summed E-state index contributed by atoms with van der Waals surface area (Å²) in [6, 6.07) is 0. The molecular weight excluding hydrogens is 282 g/mol. The first-order chi connectivity index (χ1) is 5.77. The standard InChI is InChI=1S/C5H12BrNO4S2/c1-12(8,9)4-2-3-7-13(10,11)5-6/h7H,2-5H2,1H3. The van der Waals surface area contributed by atoms with E-state index in [0.29, 0.717) is 6.42 Å². The van der Waals surface area contributed by atoms with Gasteiger partial charge in [-0.1, -0.05) is 15.9 Å². The highest BCUT2D eigenvalue weighted by Crippen LogP contribution is 1.92. The zero-order valence-corrected chi connectivity index (χ0v) is 10.4. The summed E-state index contributed by atoms with van der Waals surface area (Å²) in [5.41, 5.74) is 0. The van der Waals surface area contributed by atoms with Crippen molar-refractivity contribution in [2.45, 2.75) is 6.42 Å². The largest absolute Gasteiger partial charge is 0.229 e. The fraction of sp³-hybridized carbons (Fsp3) is 1.00. The van der Waals surface area contributed by atoms with Crippen LogP contribution in [0.4, 0.5) is 0 Å². The summed E-state index contributed by atoms with van der Waals surface area (Å²) in [4.78, 5) is 0. The molecule has 0 unspecified atom stereocenters. The molecule has 0 amide bonds. The summed E-state index contributed by atoms with van der Waals surface area (Å²) < 4.78 is 45.0. The highest BCUT2D eigenvalue weighted by atomic mass is 79.9. The molecule has 0 saturated carbocycles. The van der Waals surface area contributed by atoms with Gasteiger partial charge in [0.2, 0.25) is 10.0 Å². The van der Waals surface area contributed by atoms with Crippen molar-refractivity contribution in [1.29, 1.82) is 0 Å². The topological polar surface area (TPSA) is 80.3 Å². The van der Waals surface area contributed by atoms with Gasteiger partial charge in [-0.3, -0.25) is 0 Å². The minimum atomic E-state index is -3.27. The Morgan fingerprint density at radius 2 is 1.77 bits per heavy atom. The highest BCUT2D eigenvalue weighted by Gasteiger charge is 2.07. The molecule has 0 aromatic rings. The summed E-state index contributed by atoms with van der Waals surface area (Å²) in [6.07, 6.45) is 1.41. The third kappa shape index (κ3) is 8.66. The minimum absolute atomic E-state index is 0.00218. The molecule has 0 fully saturated rings. The van der Waals surface area contributed by atoms with Crippen molar-refractivity contribution in [3.63, 3.8) is 0 Å². The van der Waals surface area contributed by atoms with E-state index in [2.05, 4.69) is 20.7 Å². The van der Waals surface area contributed by atoms with Crippen LogP contribution in [0.3, 0.4) is 0 Å². The number of alkyl halides is 1. The van der Waals surface area contributed by atoms with Crippen molar-refractivity contribution in [2.24, 2.45) is 0 Å². The number of hydrogen-bond donors (Lipinski definition) is 1. The normalized spacial score (nSPS) is 13.1. The molecule has 13 heavy (non-hydrogen) atoms. The van der Waals surface area contributed by atoms with Crippen molar-refractivity contribution in [3.05, 3.63) is 0 Å². The summed E-state index contributed by atoms with van der Waals surface area (Å²) in [5.74, 6) is -0.00218. The van der Waals surface area contributed by atoms with Crippen molar-refractivity contribution in [3.8, 4) is 0 Å². The predicted octanol–water partition coefficient (Wildman–Crippen LogP) is -0.307. The van der Waals surface area contributed by atoms with Crippen LogP contribution < -0.4 is 4.72 Å². The van der Waals surface area contributed by atoms with Crippen LogP contribution in [-0.2, 0) is 19.9 Å².